The maximum atomic E-state index is 12.6. The number of benzene rings is 2. The molecule has 27 heavy (non-hydrogen) atoms. The Morgan fingerprint density at radius 1 is 1.00 bits per heavy atom. The lowest BCUT2D eigenvalue weighted by atomic mass is 10.1. The van der Waals surface area contributed by atoms with Crippen molar-refractivity contribution < 1.29 is 14.4 Å². The molecule has 4 rings (SSSR count). The van der Waals surface area contributed by atoms with Crippen LogP contribution in [0.15, 0.2) is 54.7 Å². The fraction of sp³-hybridized carbons (Fsp3) is 0.100. The van der Waals surface area contributed by atoms with Gasteiger partial charge in [0.25, 0.3) is 17.7 Å². The number of amides is 3. The highest BCUT2D eigenvalue weighted by Gasteiger charge is 2.36. The standard InChI is InChI=1S/C20H16N4O3/c1-12-17(11-21-23(12)2)22-18(25)13-6-5-7-14(10-13)24-19(26)15-8-3-4-9-16(15)20(24)27/h3-11H,1-2H3,(H,22,25). The zero-order chi connectivity index (χ0) is 19.1. The maximum absolute atomic E-state index is 12.6. The Balaban J connectivity index is 1.64. The summed E-state index contributed by atoms with van der Waals surface area (Å²) in [5.74, 6) is -1.13. The van der Waals surface area contributed by atoms with Crippen LogP contribution in [0.2, 0.25) is 0 Å². The van der Waals surface area contributed by atoms with Gasteiger partial charge in [-0.3, -0.25) is 19.1 Å². The molecule has 3 aromatic rings. The normalized spacial score (nSPS) is 13.0. The number of aryl methyl sites for hydroxylation is 1. The molecular weight excluding hydrogens is 344 g/mol. The highest BCUT2D eigenvalue weighted by molar-refractivity contribution is 6.34. The Kier molecular flexibility index (Phi) is 3.84. The van der Waals surface area contributed by atoms with Crippen LogP contribution < -0.4 is 10.2 Å². The van der Waals surface area contributed by atoms with Gasteiger partial charge in [-0.05, 0) is 37.3 Å². The van der Waals surface area contributed by atoms with Gasteiger partial charge in [0.15, 0.2) is 0 Å². The summed E-state index contributed by atoms with van der Waals surface area (Å²) in [6, 6.07) is 13.1. The topological polar surface area (TPSA) is 84.3 Å². The molecule has 0 spiro atoms. The first-order chi connectivity index (χ1) is 13.0. The first kappa shape index (κ1) is 16.7. The number of fused-ring (bicyclic) bond motifs is 1. The molecule has 0 fully saturated rings. The molecule has 7 nitrogen and oxygen atoms in total. The Bertz CT molecular complexity index is 1070. The molecule has 1 aliphatic heterocycles. The van der Waals surface area contributed by atoms with E-state index in [0.29, 0.717) is 28.1 Å². The number of rotatable bonds is 3. The summed E-state index contributed by atoms with van der Waals surface area (Å²) in [6.45, 7) is 1.85. The van der Waals surface area contributed by atoms with Gasteiger partial charge in [0.1, 0.15) is 0 Å². The molecule has 134 valence electrons. The number of hydrogen-bond acceptors (Lipinski definition) is 4. The molecule has 0 atom stereocenters. The van der Waals surface area contributed by atoms with E-state index in [1.807, 2.05) is 6.92 Å². The van der Waals surface area contributed by atoms with Crippen LogP contribution in [0.5, 0.6) is 0 Å². The van der Waals surface area contributed by atoms with Crippen molar-refractivity contribution in [2.75, 3.05) is 10.2 Å². The first-order valence-corrected chi connectivity index (χ1v) is 8.35. The van der Waals surface area contributed by atoms with Crippen molar-refractivity contribution in [1.82, 2.24) is 9.78 Å². The summed E-state index contributed by atoms with van der Waals surface area (Å²) in [6.07, 6.45) is 1.57. The van der Waals surface area contributed by atoms with Gasteiger partial charge in [-0.1, -0.05) is 18.2 Å². The first-order valence-electron chi connectivity index (χ1n) is 8.35. The fourth-order valence-corrected chi connectivity index (χ4v) is 3.03. The van der Waals surface area contributed by atoms with Crippen molar-refractivity contribution in [3.63, 3.8) is 0 Å². The van der Waals surface area contributed by atoms with E-state index in [1.54, 1.807) is 60.4 Å². The molecule has 2 heterocycles. The molecule has 0 bridgehead atoms. The largest absolute Gasteiger partial charge is 0.319 e. The quantitative estimate of drug-likeness (QED) is 0.728. The fourth-order valence-electron chi connectivity index (χ4n) is 3.03. The summed E-state index contributed by atoms with van der Waals surface area (Å²) < 4.78 is 1.66. The van der Waals surface area contributed by atoms with Gasteiger partial charge >= 0.3 is 0 Å². The molecular formula is C20H16N4O3. The Morgan fingerprint density at radius 2 is 1.67 bits per heavy atom. The third-order valence-corrected chi connectivity index (χ3v) is 4.64. The van der Waals surface area contributed by atoms with Gasteiger partial charge in [0, 0.05) is 12.6 Å². The van der Waals surface area contributed by atoms with Crippen LogP contribution >= 0.6 is 0 Å². The average molecular weight is 360 g/mol. The van der Waals surface area contributed by atoms with Crippen molar-refractivity contribution in [1.29, 1.82) is 0 Å². The molecule has 0 saturated carbocycles. The van der Waals surface area contributed by atoms with Crippen LogP contribution in [0.25, 0.3) is 0 Å². The Hall–Kier alpha value is -3.74. The number of anilines is 2. The highest BCUT2D eigenvalue weighted by atomic mass is 16.2. The van der Waals surface area contributed by atoms with Crippen LogP contribution in [0.3, 0.4) is 0 Å². The minimum absolute atomic E-state index is 0.340. The van der Waals surface area contributed by atoms with Crippen molar-refractivity contribution in [3.05, 3.63) is 77.1 Å². The highest BCUT2D eigenvalue weighted by Crippen LogP contribution is 2.29. The molecule has 1 N–H and O–H groups in total. The smallest absolute Gasteiger partial charge is 0.266 e. The molecule has 0 saturated heterocycles. The van der Waals surface area contributed by atoms with E-state index in [-0.39, 0.29) is 5.91 Å². The van der Waals surface area contributed by atoms with Crippen molar-refractivity contribution in [2.24, 2.45) is 7.05 Å². The second-order valence-corrected chi connectivity index (χ2v) is 6.26. The van der Waals surface area contributed by atoms with Crippen molar-refractivity contribution in [2.45, 2.75) is 6.92 Å². The second-order valence-electron chi connectivity index (χ2n) is 6.26. The minimum atomic E-state index is -0.392. The van der Waals surface area contributed by atoms with Gasteiger partial charge in [-0.2, -0.15) is 5.10 Å². The van der Waals surface area contributed by atoms with E-state index in [9.17, 15) is 14.4 Å². The summed E-state index contributed by atoms with van der Waals surface area (Å²) >= 11 is 0. The van der Waals surface area contributed by atoms with Gasteiger partial charge in [-0.25, -0.2) is 4.90 Å². The van der Waals surface area contributed by atoms with Crippen LogP contribution in [-0.2, 0) is 7.05 Å². The summed E-state index contributed by atoms with van der Waals surface area (Å²) in [5, 5.41) is 6.88. The van der Waals surface area contributed by atoms with E-state index < -0.39 is 11.8 Å². The monoisotopic (exact) mass is 360 g/mol. The van der Waals surface area contributed by atoms with Gasteiger partial charge < -0.3 is 5.32 Å². The third-order valence-electron chi connectivity index (χ3n) is 4.64. The number of carbonyl (C=O) groups excluding carboxylic acids is 3. The number of aromatic nitrogens is 2. The molecule has 1 aromatic heterocycles. The summed E-state index contributed by atoms with van der Waals surface area (Å²) in [4.78, 5) is 38.9. The molecule has 2 aromatic carbocycles. The minimum Gasteiger partial charge on any atom is -0.319 e. The lowest BCUT2D eigenvalue weighted by molar-refractivity contribution is 0.0924. The zero-order valence-electron chi connectivity index (χ0n) is 14.8. The number of nitrogens with zero attached hydrogens (tertiary/aromatic N) is 3. The predicted octanol–water partition coefficient (Wildman–Crippen LogP) is 2.78. The SMILES string of the molecule is Cc1c(NC(=O)c2cccc(N3C(=O)c4ccccc4C3=O)c2)cnn1C. The van der Waals surface area contributed by atoms with E-state index in [0.717, 1.165) is 10.6 Å². The molecule has 3 amide bonds. The van der Waals surface area contributed by atoms with Crippen LogP contribution in [0.4, 0.5) is 11.4 Å². The molecule has 0 aliphatic carbocycles. The molecule has 1 aliphatic rings. The van der Waals surface area contributed by atoms with Gasteiger partial charge in [-0.15, -0.1) is 0 Å². The number of carbonyl (C=O) groups is 3. The molecule has 0 radical (unpaired) electrons. The van der Waals surface area contributed by atoms with Crippen LogP contribution in [0, 0.1) is 6.92 Å². The Morgan fingerprint density at radius 3 is 2.26 bits per heavy atom. The van der Waals surface area contributed by atoms with Crippen molar-refractivity contribution >= 4 is 29.1 Å². The lowest BCUT2D eigenvalue weighted by Gasteiger charge is -2.15. The summed E-state index contributed by atoms with van der Waals surface area (Å²) in [7, 11) is 1.79. The number of hydrogen-bond donors (Lipinski definition) is 1. The van der Waals surface area contributed by atoms with E-state index in [1.165, 1.54) is 6.07 Å². The van der Waals surface area contributed by atoms with E-state index >= 15 is 0 Å². The average Bonchev–Trinajstić information content (AvgIpc) is 3.13. The molecule has 7 heteroatoms. The third kappa shape index (κ3) is 2.69. The Labute approximate surface area is 155 Å². The summed E-state index contributed by atoms with van der Waals surface area (Å²) in [5.41, 5.74) is 2.85. The van der Waals surface area contributed by atoms with E-state index in [4.69, 9.17) is 0 Å². The predicted molar refractivity (Wildman–Crippen MR) is 99.9 cm³/mol. The zero-order valence-corrected chi connectivity index (χ0v) is 14.8. The lowest BCUT2D eigenvalue weighted by Crippen LogP contribution is -2.29. The van der Waals surface area contributed by atoms with Crippen LogP contribution in [0.1, 0.15) is 36.8 Å². The van der Waals surface area contributed by atoms with Gasteiger partial charge in [0.05, 0.1) is 34.4 Å². The maximum Gasteiger partial charge on any atom is 0.266 e. The number of nitrogens with one attached hydrogen (secondary N) is 1. The molecule has 0 unspecified atom stereocenters. The number of imide groups is 1. The van der Waals surface area contributed by atoms with Crippen LogP contribution in [-0.4, -0.2) is 27.5 Å². The van der Waals surface area contributed by atoms with Crippen molar-refractivity contribution in [3.8, 4) is 0 Å². The second kappa shape index (κ2) is 6.21. The van der Waals surface area contributed by atoms with E-state index in [2.05, 4.69) is 10.4 Å². The van der Waals surface area contributed by atoms with Gasteiger partial charge in [0.2, 0.25) is 0 Å².